The molecule has 0 saturated heterocycles. The van der Waals surface area contributed by atoms with E-state index in [-0.39, 0.29) is 21.8 Å². The summed E-state index contributed by atoms with van der Waals surface area (Å²) in [6.45, 7) is 1.58. The lowest BCUT2D eigenvalue weighted by Gasteiger charge is -2.14. The number of hydrogen-bond donors (Lipinski definition) is 2. The van der Waals surface area contributed by atoms with Gasteiger partial charge >= 0.3 is 0 Å². The first-order valence-electron chi connectivity index (χ1n) is 8.21. The second kappa shape index (κ2) is 7.77. The van der Waals surface area contributed by atoms with Gasteiger partial charge in [0.15, 0.2) is 0 Å². The Bertz CT molecular complexity index is 1130. The maximum absolute atomic E-state index is 13.7. The zero-order valence-electron chi connectivity index (χ0n) is 14.7. The van der Waals surface area contributed by atoms with Crippen LogP contribution in [0.25, 0.3) is 0 Å². The highest BCUT2D eigenvalue weighted by atomic mass is 32.2. The number of rotatable bonds is 5. The Morgan fingerprint density at radius 2 is 1.54 bits per heavy atom. The number of nitrogens with one attached hydrogen (secondary N) is 2. The largest absolute Gasteiger partial charge is 0.320 e. The van der Waals surface area contributed by atoms with Crippen molar-refractivity contribution in [3.8, 4) is 0 Å². The van der Waals surface area contributed by atoms with Crippen LogP contribution in [-0.4, -0.2) is 14.3 Å². The minimum Gasteiger partial charge on any atom is -0.320 e. The quantitative estimate of drug-likeness (QED) is 0.667. The highest BCUT2D eigenvalue weighted by Crippen LogP contribution is 2.25. The molecule has 3 aromatic rings. The molecule has 0 bridgehead atoms. The van der Waals surface area contributed by atoms with Crippen molar-refractivity contribution in [3.63, 3.8) is 0 Å². The summed E-state index contributed by atoms with van der Waals surface area (Å²) >= 11 is 0. The molecule has 3 aromatic carbocycles. The number of hydrogen-bond acceptors (Lipinski definition) is 3. The van der Waals surface area contributed by atoms with Crippen LogP contribution in [0.5, 0.6) is 0 Å². The fraction of sp³-hybridized carbons (Fsp3) is 0.0500. The Hall–Kier alpha value is -3.26. The number of carbonyl (C=O) groups excluding carboxylic acids is 1. The molecule has 28 heavy (non-hydrogen) atoms. The zero-order valence-corrected chi connectivity index (χ0v) is 15.6. The highest BCUT2D eigenvalue weighted by Gasteiger charge is 2.17. The van der Waals surface area contributed by atoms with E-state index in [4.69, 9.17) is 0 Å². The van der Waals surface area contributed by atoms with Gasteiger partial charge in [0.25, 0.3) is 15.9 Å². The molecule has 2 N–H and O–H groups in total. The molecule has 0 saturated carbocycles. The van der Waals surface area contributed by atoms with Crippen molar-refractivity contribution in [2.24, 2.45) is 0 Å². The summed E-state index contributed by atoms with van der Waals surface area (Å²) in [4.78, 5) is 12.3. The molecule has 0 aliphatic rings. The zero-order chi connectivity index (χ0) is 20.3. The number of anilines is 2. The first kappa shape index (κ1) is 19.5. The number of carbonyl (C=O) groups is 1. The SMILES string of the molecule is Cc1ccc(C(=O)Nc2ccccc2NS(=O)(=O)c2ccc(F)cc2)cc1F. The van der Waals surface area contributed by atoms with Crippen molar-refractivity contribution in [2.75, 3.05) is 10.0 Å². The standard InChI is InChI=1S/C20H16F2N2O3S/c1-13-6-7-14(12-17(13)22)20(25)23-18-4-2-3-5-19(18)24-28(26,27)16-10-8-15(21)9-11-16/h2-12,24H,1H3,(H,23,25). The van der Waals surface area contributed by atoms with Crippen LogP contribution in [0.4, 0.5) is 20.2 Å². The Kier molecular flexibility index (Phi) is 5.41. The van der Waals surface area contributed by atoms with E-state index < -0.39 is 27.6 Å². The minimum absolute atomic E-state index is 0.0966. The smallest absolute Gasteiger partial charge is 0.261 e. The van der Waals surface area contributed by atoms with Crippen molar-refractivity contribution >= 4 is 27.3 Å². The third-order valence-electron chi connectivity index (χ3n) is 3.98. The van der Waals surface area contributed by atoms with Gasteiger partial charge in [0.05, 0.1) is 16.3 Å². The maximum atomic E-state index is 13.7. The van der Waals surface area contributed by atoms with E-state index in [9.17, 15) is 22.0 Å². The van der Waals surface area contributed by atoms with Crippen LogP contribution in [0.15, 0.2) is 71.6 Å². The molecule has 144 valence electrons. The van der Waals surface area contributed by atoms with E-state index >= 15 is 0 Å². The summed E-state index contributed by atoms with van der Waals surface area (Å²) in [6, 6.07) is 14.6. The number of sulfonamides is 1. The monoisotopic (exact) mass is 402 g/mol. The van der Waals surface area contributed by atoms with E-state index in [2.05, 4.69) is 10.0 Å². The van der Waals surface area contributed by atoms with E-state index in [1.807, 2.05) is 0 Å². The second-order valence-corrected chi connectivity index (χ2v) is 7.71. The van der Waals surface area contributed by atoms with E-state index in [1.54, 1.807) is 19.1 Å². The third-order valence-corrected chi connectivity index (χ3v) is 5.36. The summed E-state index contributed by atoms with van der Waals surface area (Å²) in [6.07, 6.45) is 0. The van der Waals surface area contributed by atoms with Crippen LogP contribution in [-0.2, 0) is 10.0 Å². The van der Waals surface area contributed by atoms with Crippen molar-refractivity contribution in [3.05, 3.63) is 89.5 Å². The van der Waals surface area contributed by atoms with Crippen LogP contribution >= 0.6 is 0 Å². The summed E-state index contributed by atoms with van der Waals surface area (Å²) in [5.74, 6) is -1.66. The normalized spacial score (nSPS) is 11.1. The van der Waals surface area contributed by atoms with Crippen LogP contribution in [0.1, 0.15) is 15.9 Å². The van der Waals surface area contributed by atoms with Gasteiger partial charge < -0.3 is 5.32 Å². The molecule has 0 atom stereocenters. The van der Waals surface area contributed by atoms with Gasteiger partial charge in [-0.15, -0.1) is 0 Å². The molecular weight excluding hydrogens is 386 g/mol. The van der Waals surface area contributed by atoms with Crippen molar-refractivity contribution < 1.29 is 22.0 Å². The van der Waals surface area contributed by atoms with Gasteiger partial charge in [-0.1, -0.05) is 18.2 Å². The van der Waals surface area contributed by atoms with E-state index in [0.29, 0.717) is 5.56 Å². The Morgan fingerprint density at radius 3 is 2.18 bits per heavy atom. The summed E-state index contributed by atoms with van der Waals surface area (Å²) in [5, 5.41) is 2.56. The molecule has 0 heterocycles. The van der Waals surface area contributed by atoms with Gasteiger partial charge in [-0.2, -0.15) is 0 Å². The number of aryl methyl sites for hydroxylation is 1. The number of halogens is 2. The maximum Gasteiger partial charge on any atom is 0.261 e. The fourth-order valence-electron chi connectivity index (χ4n) is 2.43. The minimum atomic E-state index is -3.99. The van der Waals surface area contributed by atoms with Crippen molar-refractivity contribution in [2.45, 2.75) is 11.8 Å². The lowest BCUT2D eigenvalue weighted by atomic mass is 10.1. The highest BCUT2D eigenvalue weighted by molar-refractivity contribution is 7.92. The molecule has 0 unspecified atom stereocenters. The predicted octanol–water partition coefficient (Wildman–Crippen LogP) is 4.33. The van der Waals surface area contributed by atoms with Crippen LogP contribution in [0, 0.1) is 18.6 Å². The third kappa shape index (κ3) is 4.34. The van der Waals surface area contributed by atoms with Gasteiger partial charge in [0, 0.05) is 5.56 Å². The van der Waals surface area contributed by atoms with Gasteiger partial charge in [0.1, 0.15) is 11.6 Å². The lowest BCUT2D eigenvalue weighted by Crippen LogP contribution is -2.17. The number of benzene rings is 3. The molecule has 8 heteroatoms. The molecule has 0 aliphatic heterocycles. The average molecular weight is 402 g/mol. The fourth-order valence-corrected chi connectivity index (χ4v) is 3.51. The molecular formula is C20H16F2N2O3S. The summed E-state index contributed by atoms with van der Waals surface area (Å²) in [5.41, 5.74) is 0.815. The number of amides is 1. The summed E-state index contributed by atoms with van der Waals surface area (Å²) in [7, 11) is -3.99. The number of para-hydroxylation sites is 2. The van der Waals surface area contributed by atoms with Gasteiger partial charge in [-0.3, -0.25) is 9.52 Å². The summed E-state index contributed by atoms with van der Waals surface area (Å²) < 4.78 is 54.1. The molecule has 0 aliphatic carbocycles. The topological polar surface area (TPSA) is 75.3 Å². The molecule has 3 rings (SSSR count). The second-order valence-electron chi connectivity index (χ2n) is 6.02. The van der Waals surface area contributed by atoms with Crippen molar-refractivity contribution in [1.29, 1.82) is 0 Å². The van der Waals surface area contributed by atoms with Crippen molar-refractivity contribution in [1.82, 2.24) is 0 Å². The Morgan fingerprint density at radius 1 is 0.893 bits per heavy atom. The van der Waals surface area contributed by atoms with E-state index in [1.165, 1.54) is 24.3 Å². The molecule has 1 amide bonds. The van der Waals surface area contributed by atoms with Crippen LogP contribution in [0.2, 0.25) is 0 Å². The van der Waals surface area contributed by atoms with Crippen LogP contribution < -0.4 is 10.0 Å². The molecule has 0 spiro atoms. The van der Waals surface area contributed by atoms with Crippen LogP contribution in [0.3, 0.4) is 0 Å². The lowest BCUT2D eigenvalue weighted by molar-refractivity contribution is 0.102. The molecule has 0 aromatic heterocycles. The molecule has 5 nitrogen and oxygen atoms in total. The molecule has 0 radical (unpaired) electrons. The Labute approximate surface area is 161 Å². The Balaban J connectivity index is 1.85. The average Bonchev–Trinajstić information content (AvgIpc) is 2.65. The first-order valence-corrected chi connectivity index (χ1v) is 9.69. The molecule has 0 fully saturated rings. The van der Waals surface area contributed by atoms with Gasteiger partial charge in [-0.05, 0) is 61.0 Å². The van der Waals surface area contributed by atoms with E-state index in [0.717, 1.165) is 30.3 Å². The van der Waals surface area contributed by atoms with Gasteiger partial charge in [0.2, 0.25) is 0 Å². The predicted molar refractivity (Wildman–Crippen MR) is 103 cm³/mol. The van der Waals surface area contributed by atoms with Gasteiger partial charge in [-0.25, -0.2) is 17.2 Å². The first-order chi connectivity index (χ1) is 13.3.